The van der Waals surface area contributed by atoms with Crippen LogP contribution in [0.25, 0.3) is 11.0 Å². The molecule has 0 unspecified atom stereocenters. The zero-order valence-corrected chi connectivity index (χ0v) is 17.0. The van der Waals surface area contributed by atoms with E-state index in [1.807, 2.05) is 24.3 Å². The van der Waals surface area contributed by atoms with E-state index in [4.69, 9.17) is 9.15 Å². The molecule has 0 aliphatic carbocycles. The third kappa shape index (κ3) is 3.59. The Morgan fingerprint density at radius 3 is 2.57 bits per heavy atom. The Balaban J connectivity index is 1.78. The molecule has 0 fully saturated rings. The van der Waals surface area contributed by atoms with Crippen LogP contribution in [-0.2, 0) is 0 Å². The van der Waals surface area contributed by atoms with Gasteiger partial charge in [-0.1, -0.05) is 37.6 Å². The number of hydrogen-bond acceptors (Lipinski definition) is 5. The van der Waals surface area contributed by atoms with Gasteiger partial charge in [-0.15, -0.1) is 0 Å². The molecule has 2 heterocycles. The molecule has 156 valence electrons. The van der Waals surface area contributed by atoms with Gasteiger partial charge in [-0.25, -0.2) is 0 Å². The molecule has 0 spiro atoms. The molecule has 1 N–H and O–H groups in total. The van der Waals surface area contributed by atoms with Gasteiger partial charge in [-0.3, -0.25) is 9.59 Å². The largest absolute Gasteiger partial charge is 0.494 e. The number of rotatable bonds is 8. The maximum atomic E-state index is 13.3. The van der Waals surface area contributed by atoms with Gasteiger partial charge in [0.2, 0.25) is 5.76 Å². The van der Waals surface area contributed by atoms with Crippen molar-refractivity contribution in [3.63, 3.8) is 0 Å². The zero-order valence-electron chi connectivity index (χ0n) is 17.0. The van der Waals surface area contributed by atoms with E-state index in [9.17, 15) is 14.7 Å². The number of hydrogen-bond donors (Lipinski definition) is 1. The average Bonchev–Trinajstić information content (AvgIpc) is 3.05. The van der Waals surface area contributed by atoms with Crippen molar-refractivity contribution in [2.75, 3.05) is 19.8 Å². The van der Waals surface area contributed by atoms with Crippen molar-refractivity contribution in [2.45, 2.75) is 32.2 Å². The first-order valence-electron chi connectivity index (χ1n) is 10.4. The minimum atomic E-state index is -0.551. The minimum absolute atomic E-state index is 0.0413. The summed E-state index contributed by atoms with van der Waals surface area (Å²) in [6.07, 6.45) is 2.46. The second-order valence-electron chi connectivity index (χ2n) is 7.42. The maximum absolute atomic E-state index is 13.3. The Bertz CT molecular complexity index is 1100. The Morgan fingerprint density at radius 1 is 1.07 bits per heavy atom. The fourth-order valence-corrected chi connectivity index (χ4v) is 3.87. The summed E-state index contributed by atoms with van der Waals surface area (Å²) in [4.78, 5) is 28.0. The van der Waals surface area contributed by atoms with Crippen molar-refractivity contribution in [2.24, 2.45) is 0 Å². The first-order chi connectivity index (χ1) is 14.7. The van der Waals surface area contributed by atoms with Crippen LogP contribution in [0.2, 0.25) is 0 Å². The number of aliphatic hydroxyl groups is 1. The first-order valence-corrected chi connectivity index (χ1v) is 10.4. The normalized spacial score (nSPS) is 15.6. The summed E-state index contributed by atoms with van der Waals surface area (Å²) in [5, 5.41) is 9.75. The monoisotopic (exact) mass is 407 g/mol. The lowest BCUT2D eigenvalue weighted by Crippen LogP contribution is -2.31. The Labute approximate surface area is 174 Å². The molecule has 1 aromatic heterocycles. The fourth-order valence-electron chi connectivity index (χ4n) is 3.87. The van der Waals surface area contributed by atoms with Gasteiger partial charge in [0.15, 0.2) is 5.43 Å². The Hall–Kier alpha value is -3.12. The van der Waals surface area contributed by atoms with Crippen LogP contribution in [0.5, 0.6) is 5.75 Å². The number of ether oxygens (including phenoxy) is 1. The molecular formula is C24H25NO5. The summed E-state index contributed by atoms with van der Waals surface area (Å²) in [6, 6.07) is 13.9. The molecular weight excluding hydrogens is 382 g/mol. The van der Waals surface area contributed by atoms with Gasteiger partial charge >= 0.3 is 0 Å². The lowest BCUT2D eigenvalue weighted by molar-refractivity contribution is 0.0716. The van der Waals surface area contributed by atoms with E-state index < -0.39 is 6.04 Å². The van der Waals surface area contributed by atoms with E-state index in [1.165, 1.54) is 0 Å². The predicted molar refractivity (Wildman–Crippen MR) is 114 cm³/mol. The number of fused-ring (bicyclic) bond motifs is 2. The van der Waals surface area contributed by atoms with Crippen molar-refractivity contribution < 1.29 is 19.1 Å². The van der Waals surface area contributed by atoms with Gasteiger partial charge in [-0.2, -0.15) is 0 Å². The third-order valence-electron chi connectivity index (χ3n) is 5.39. The van der Waals surface area contributed by atoms with Crippen LogP contribution < -0.4 is 10.2 Å². The Kier molecular flexibility index (Phi) is 5.86. The van der Waals surface area contributed by atoms with Crippen molar-refractivity contribution in [3.05, 3.63) is 75.6 Å². The lowest BCUT2D eigenvalue weighted by atomic mass is 9.98. The molecule has 0 saturated heterocycles. The van der Waals surface area contributed by atoms with Crippen LogP contribution in [0.15, 0.2) is 57.7 Å². The second-order valence-corrected chi connectivity index (χ2v) is 7.42. The summed E-state index contributed by atoms with van der Waals surface area (Å²) < 4.78 is 11.6. The van der Waals surface area contributed by atoms with Crippen LogP contribution in [-0.4, -0.2) is 35.7 Å². The van der Waals surface area contributed by atoms with Crippen molar-refractivity contribution in [1.29, 1.82) is 0 Å². The molecule has 3 aromatic rings. The summed E-state index contributed by atoms with van der Waals surface area (Å²) in [5.74, 6) is 0.517. The van der Waals surface area contributed by atoms with E-state index in [2.05, 4.69) is 6.92 Å². The number of aliphatic hydroxyl groups excluding tert-OH is 1. The van der Waals surface area contributed by atoms with Gasteiger partial charge in [0, 0.05) is 13.2 Å². The second kappa shape index (κ2) is 8.71. The maximum Gasteiger partial charge on any atom is 0.290 e. The number of benzene rings is 2. The molecule has 4 rings (SSSR count). The predicted octanol–water partition coefficient (Wildman–Crippen LogP) is 3.90. The number of para-hydroxylation sites is 1. The highest BCUT2D eigenvalue weighted by Gasteiger charge is 2.42. The molecule has 0 bridgehead atoms. The van der Waals surface area contributed by atoms with Crippen LogP contribution in [0.3, 0.4) is 0 Å². The fraction of sp³-hybridized carbons (Fsp3) is 0.333. The lowest BCUT2D eigenvalue weighted by Gasteiger charge is -2.25. The number of carbonyl (C=O) groups is 1. The standard InChI is InChI=1S/C24H25NO5/c1-2-3-15-29-17-11-9-16(10-12-17)21-20-22(27)18-7-4-5-8-19(18)30-23(20)24(28)25(21)13-6-14-26/h4-5,7-12,21,26H,2-3,6,13-15H2,1H3/t21-/m0/s1. The van der Waals surface area contributed by atoms with E-state index in [-0.39, 0.29) is 23.7 Å². The smallest absolute Gasteiger partial charge is 0.290 e. The summed E-state index contributed by atoms with van der Waals surface area (Å²) >= 11 is 0. The minimum Gasteiger partial charge on any atom is -0.494 e. The third-order valence-corrected chi connectivity index (χ3v) is 5.39. The van der Waals surface area contributed by atoms with Crippen molar-refractivity contribution >= 4 is 16.9 Å². The number of amides is 1. The number of carbonyl (C=O) groups excluding carboxylic acids is 1. The number of unbranched alkanes of at least 4 members (excludes halogenated alkanes) is 1. The van der Waals surface area contributed by atoms with Crippen LogP contribution in [0.1, 0.15) is 53.9 Å². The molecule has 1 aliphatic rings. The average molecular weight is 407 g/mol. The van der Waals surface area contributed by atoms with Gasteiger partial charge in [0.05, 0.1) is 23.6 Å². The molecule has 30 heavy (non-hydrogen) atoms. The van der Waals surface area contributed by atoms with Gasteiger partial charge in [-0.05, 0) is 42.7 Å². The molecule has 0 saturated carbocycles. The van der Waals surface area contributed by atoms with E-state index >= 15 is 0 Å². The van der Waals surface area contributed by atoms with Gasteiger partial charge in [0.25, 0.3) is 5.91 Å². The van der Waals surface area contributed by atoms with Gasteiger partial charge in [0.1, 0.15) is 11.3 Å². The summed E-state index contributed by atoms with van der Waals surface area (Å²) in [7, 11) is 0. The van der Waals surface area contributed by atoms with Crippen molar-refractivity contribution in [1.82, 2.24) is 4.90 Å². The van der Waals surface area contributed by atoms with Crippen LogP contribution in [0.4, 0.5) is 0 Å². The van der Waals surface area contributed by atoms with Crippen molar-refractivity contribution in [3.8, 4) is 5.75 Å². The zero-order chi connectivity index (χ0) is 21.1. The SMILES string of the molecule is CCCCOc1ccc([C@H]2c3c(oc4ccccc4c3=O)C(=O)N2CCCO)cc1. The molecule has 1 atom stereocenters. The van der Waals surface area contributed by atoms with Crippen LogP contribution in [0, 0.1) is 0 Å². The summed E-state index contributed by atoms with van der Waals surface area (Å²) in [5.41, 5.74) is 1.37. The van der Waals surface area contributed by atoms with Gasteiger partial charge < -0.3 is 19.2 Å². The highest BCUT2D eigenvalue weighted by atomic mass is 16.5. The molecule has 1 aliphatic heterocycles. The van der Waals surface area contributed by atoms with Crippen LogP contribution >= 0.6 is 0 Å². The summed E-state index contributed by atoms with van der Waals surface area (Å²) in [6.45, 7) is 3.05. The molecule has 6 heteroatoms. The first kappa shape index (κ1) is 20.2. The molecule has 0 radical (unpaired) electrons. The topological polar surface area (TPSA) is 80.0 Å². The quantitative estimate of drug-likeness (QED) is 0.573. The highest BCUT2D eigenvalue weighted by Crippen LogP contribution is 2.38. The van der Waals surface area contributed by atoms with E-state index in [0.717, 1.165) is 24.2 Å². The van der Waals surface area contributed by atoms with E-state index in [1.54, 1.807) is 29.2 Å². The number of nitrogens with zero attached hydrogens (tertiary/aromatic N) is 1. The highest BCUT2D eigenvalue weighted by molar-refractivity contribution is 5.99. The Morgan fingerprint density at radius 2 is 1.83 bits per heavy atom. The molecule has 6 nitrogen and oxygen atoms in total. The molecule has 2 aromatic carbocycles. The molecule has 1 amide bonds. The van der Waals surface area contributed by atoms with E-state index in [0.29, 0.717) is 36.1 Å².